The summed E-state index contributed by atoms with van der Waals surface area (Å²) in [6.45, 7) is 0.608. The Balaban J connectivity index is 2.47. The van der Waals surface area contributed by atoms with Crippen molar-refractivity contribution in [3.05, 3.63) is 29.8 Å². The van der Waals surface area contributed by atoms with Crippen molar-refractivity contribution in [2.75, 3.05) is 18.5 Å². The van der Waals surface area contributed by atoms with E-state index in [1.807, 2.05) is 24.3 Å². The van der Waals surface area contributed by atoms with Gasteiger partial charge in [0.15, 0.2) is 0 Å². The molecule has 0 aromatic heterocycles. The zero-order chi connectivity index (χ0) is 12.0. The number of thioether (sulfide) groups is 1. The second-order valence-corrected chi connectivity index (χ2v) is 6.37. The third kappa shape index (κ3) is 5.68. The smallest absolute Gasteiger partial charge is 0.326 e. The zero-order valence-electron chi connectivity index (χ0n) is 8.87. The van der Waals surface area contributed by atoms with Crippen molar-refractivity contribution in [2.24, 2.45) is 5.73 Å². The van der Waals surface area contributed by atoms with Crippen molar-refractivity contribution in [1.82, 2.24) is 0 Å². The molecule has 0 radical (unpaired) electrons. The number of hydrogen-bond acceptors (Lipinski definition) is 3. The molecule has 6 heteroatoms. The van der Waals surface area contributed by atoms with Crippen molar-refractivity contribution in [3.8, 4) is 0 Å². The minimum Gasteiger partial charge on any atom is -0.330 e. The Bertz CT molecular complexity index is 380. The Morgan fingerprint density at radius 2 is 2.12 bits per heavy atom. The average molecular weight is 261 g/mol. The molecule has 0 fully saturated rings. The van der Waals surface area contributed by atoms with Gasteiger partial charge in [0.2, 0.25) is 0 Å². The molecule has 90 valence electrons. The molecule has 1 aromatic rings. The molecule has 0 spiro atoms. The average Bonchev–Trinajstić information content (AvgIpc) is 2.17. The van der Waals surface area contributed by atoms with E-state index in [1.165, 1.54) is 11.8 Å². The fraction of sp³-hybridized carbons (Fsp3) is 0.400. The number of rotatable bonds is 6. The van der Waals surface area contributed by atoms with Crippen molar-refractivity contribution >= 4 is 19.4 Å². The van der Waals surface area contributed by atoms with Crippen LogP contribution in [0.2, 0.25) is 0 Å². The topological polar surface area (TPSA) is 83.6 Å². The number of benzene rings is 1. The van der Waals surface area contributed by atoms with Gasteiger partial charge in [-0.2, -0.15) is 0 Å². The maximum atomic E-state index is 10.7. The van der Waals surface area contributed by atoms with Gasteiger partial charge in [0.05, 0.1) is 6.16 Å². The normalized spacial score (nSPS) is 11.7. The van der Waals surface area contributed by atoms with Crippen LogP contribution in [0.3, 0.4) is 0 Å². The summed E-state index contributed by atoms with van der Waals surface area (Å²) in [7, 11) is -3.87. The number of hydrogen-bond donors (Lipinski definition) is 3. The van der Waals surface area contributed by atoms with Crippen LogP contribution in [0.1, 0.15) is 5.56 Å². The van der Waals surface area contributed by atoms with E-state index in [0.29, 0.717) is 12.3 Å². The van der Waals surface area contributed by atoms with Gasteiger partial charge in [0.25, 0.3) is 0 Å². The first-order valence-electron chi connectivity index (χ1n) is 4.97. The highest BCUT2D eigenvalue weighted by molar-refractivity contribution is 7.99. The molecule has 4 nitrogen and oxygen atoms in total. The van der Waals surface area contributed by atoms with Crippen LogP contribution >= 0.6 is 19.4 Å². The molecule has 0 bridgehead atoms. The van der Waals surface area contributed by atoms with Crippen molar-refractivity contribution in [1.29, 1.82) is 0 Å². The summed E-state index contributed by atoms with van der Waals surface area (Å²) in [5.74, 6) is 0.427. The van der Waals surface area contributed by atoms with Crippen molar-refractivity contribution < 1.29 is 14.4 Å². The highest BCUT2D eigenvalue weighted by Crippen LogP contribution is 2.35. The molecule has 0 unspecified atom stereocenters. The van der Waals surface area contributed by atoms with E-state index < -0.39 is 7.60 Å². The van der Waals surface area contributed by atoms with Gasteiger partial charge in [0.1, 0.15) is 0 Å². The standard InChI is InChI=1S/C10H16NO3PS/c11-5-4-9-2-1-3-10(8-9)16-7-6-15(12,13)14/h1-3,8H,4-7,11H2,(H2,12,13,14). The zero-order valence-corrected chi connectivity index (χ0v) is 10.6. The van der Waals surface area contributed by atoms with Gasteiger partial charge in [-0.15, -0.1) is 11.8 Å². The van der Waals surface area contributed by atoms with Crippen LogP contribution in [-0.4, -0.2) is 28.2 Å². The molecular formula is C10H16NO3PS. The Hall–Kier alpha value is -0.320. The minimum absolute atomic E-state index is 0.0845. The predicted molar refractivity (Wildman–Crippen MR) is 66.8 cm³/mol. The van der Waals surface area contributed by atoms with Crippen LogP contribution in [0, 0.1) is 0 Å². The van der Waals surface area contributed by atoms with Gasteiger partial charge in [-0.25, -0.2) is 0 Å². The second kappa shape index (κ2) is 6.42. The first-order chi connectivity index (χ1) is 7.51. The number of nitrogens with two attached hydrogens (primary N) is 1. The van der Waals surface area contributed by atoms with E-state index in [2.05, 4.69) is 0 Å². The van der Waals surface area contributed by atoms with Gasteiger partial charge >= 0.3 is 7.60 Å². The Kier molecular flexibility index (Phi) is 5.52. The van der Waals surface area contributed by atoms with Gasteiger partial charge in [-0.05, 0) is 30.7 Å². The highest BCUT2D eigenvalue weighted by atomic mass is 32.2. The first kappa shape index (κ1) is 13.7. The molecule has 0 aliphatic carbocycles. The lowest BCUT2D eigenvalue weighted by molar-refractivity contribution is 0.375. The molecule has 0 saturated carbocycles. The molecule has 4 N–H and O–H groups in total. The van der Waals surface area contributed by atoms with Crippen LogP contribution in [-0.2, 0) is 11.0 Å². The summed E-state index contributed by atoms with van der Waals surface area (Å²) in [4.78, 5) is 18.5. The molecule has 0 amide bonds. The summed E-state index contributed by atoms with van der Waals surface area (Å²) in [6.07, 6.45) is 0.742. The van der Waals surface area contributed by atoms with Crippen LogP contribution in [0.4, 0.5) is 0 Å². The summed E-state index contributed by atoms with van der Waals surface area (Å²) >= 11 is 1.45. The highest BCUT2D eigenvalue weighted by Gasteiger charge is 2.11. The molecule has 1 rings (SSSR count). The molecule has 0 atom stereocenters. The van der Waals surface area contributed by atoms with Gasteiger partial charge < -0.3 is 15.5 Å². The largest absolute Gasteiger partial charge is 0.330 e. The lowest BCUT2D eigenvalue weighted by Gasteiger charge is -2.05. The summed E-state index contributed by atoms with van der Waals surface area (Å²) in [6, 6.07) is 7.88. The summed E-state index contributed by atoms with van der Waals surface area (Å²) < 4.78 is 10.7. The fourth-order valence-corrected chi connectivity index (χ4v) is 3.20. The molecule has 16 heavy (non-hydrogen) atoms. The lowest BCUT2D eigenvalue weighted by atomic mass is 10.2. The second-order valence-electron chi connectivity index (χ2n) is 3.42. The van der Waals surface area contributed by atoms with E-state index in [0.717, 1.165) is 16.9 Å². The Morgan fingerprint density at radius 3 is 2.75 bits per heavy atom. The van der Waals surface area contributed by atoms with Crippen molar-refractivity contribution in [3.63, 3.8) is 0 Å². The third-order valence-electron chi connectivity index (χ3n) is 1.98. The Labute approximate surface area is 99.4 Å². The summed E-state index contributed by atoms with van der Waals surface area (Å²) in [5.41, 5.74) is 6.61. The summed E-state index contributed by atoms with van der Waals surface area (Å²) in [5, 5.41) is 0. The molecule has 0 saturated heterocycles. The van der Waals surface area contributed by atoms with E-state index in [4.69, 9.17) is 15.5 Å². The lowest BCUT2D eigenvalue weighted by Crippen LogP contribution is -2.02. The maximum Gasteiger partial charge on any atom is 0.326 e. The van der Waals surface area contributed by atoms with Crippen LogP contribution in [0.15, 0.2) is 29.2 Å². The molecule has 0 aliphatic rings. The molecule has 0 heterocycles. The minimum atomic E-state index is -3.87. The van der Waals surface area contributed by atoms with Gasteiger partial charge in [-0.1, -0.05) is 12.1 Å². The fourth-order valence-electron chi connectivity index (χ4n) is 1.24. The Morgan fingerprint density at radius 1 is 1.38 bits per heavy atom. The van der Waals surface area contributed by atoms with Gasteiger partial charge in [0, 0.05) is 10.6 Å². The van der Waals surface area contributed by atoms with E-state index >= 15 is 0 Å². The SMILES string of the molecule is NCCc1cccc(SCCP(=O)(O)O)c1. The predicted octanol–water partition coefficient (Wildman–Crippen LogP) is 1.46. The van der Waals surface area contributed by atoms with E-state index in [1.54, 1.807) is 0 Å². The van der Waals surface area contributed by atoms with Crippen molar-refractivity contribution in [2.45, 2.75) is 11.3 Å². The monoisotopic (exact) mass is 261 g/mol. The van der Waals surface area contributed by atoms with Crippen LogP contribution in [0.25, 0.3) is 0 Å². The first-order valence-corrected chi connectivity index (χ1v) is 7.76. The molecule has 1 aromatic carbocycles. The maximum absolute atomic E-state index is 10.7. The molecule has 0 aliphatic heterocycles. The van der Waals surface area contributed by atoms with Crippen LogP contribution < -0.4 is 5.73 Å². The third-order valence-corrected chi connectivity index (χ3v) is 4.09. The molecular weight excluding hydrogens is 245 g/mol. The van der Waals surface area contributed by atoms with Gasteiger partial charge in [-0.3, -0.25) is 4.57 Å². The van der Waals surface area contributed by atoms with E-state index in [9.17, 15) is 4.57 Å². The van der Waals surface area contributed by atoms with Crippen LogP contribution in [0.5, 0.6) is 0 Å². The van der Waals surface area contributed by atoms with E-state index in [-0.39, 0.29) is 6.16 Å². The quantitative estimate of drug-likeness (QED) is 0.533.